The molecule has 18 heavy (non-hydrogen) atoms. The average Bonchev–Trinajstić information content (AvgIpc) is 3.11. The summed E-state index contributed by atoms with van der Waals surface area (Å²) in [5.41, 5.74) is 5.64. The van der Waals surface area contributed by atoms with E-state index in [-0.39, 0.29) is 0 Å². The molecule has 6 heteroatoms. The third-order valence-electron chi connectivity index (χ3n) is 3.76. The van der Waals surface area contributed by atoms with Gasteiger partial charge in [-0.05, 0) is 31.7 Å². The summed E-state index contributed by atoms with van der Waals surface area (Å²) in [4.78, 5) is 10.6. The molecule has 0 aromatic carbocycles. The van der Waals surface area contributed by atoms with Crippen molar-refractivity contribution in [2.45, 2.75) is 25.3 Å². The van der Waals surface area contributed by atoms with Gasteiger partial charge in [0.15, 0.2) is 0 Å². The molecule has 1 aliphatic carbocycles. The van der Waals surface area contributed by atoms with Crippen LogP contribution in [-0.2, 0) is 0 Å². The fourth-order valence-electron chi connectivity index (χ4n) is 2.55. The molecule has 1 aliphatic heterocycles. The molecule has 1 aromatic rings. The van der Waals surface area contributed by atoms with Gasteiger partial charge in [0.05, 0.1) is 0 Å². The largest absolute Gasteiger partial charge is 0.382 e. The highest BCUT2D eigenvalue weighted by Gasteiger charge is 2.34. The molecule has 5 nitrogen and oxygen atoms in total. The van der Waals surface area contributed by atoms with Gasteiger partial charge in [0, 0.05) is 19.1 Å². The minimum atomic E-state index is 0.334. The van der Waals surface area contributed by atoms with Gasteiger partial charge in [0.1, 0.15) is 23.0 Å². The van der Waals surface area contributed by atoms with Crippen LogP contribution in [0.4, 0.5) is 11.6 Å². The molecule has 2 heterocycles. The Kier molecular flexibility index (Phi) is 3.26. The van der Waals surface area contributed by atoms with Crippen molar-refractivity contribution >= 4 is 23.2 Å². The van der Waals surface area contributed by atoms with Crippen molar-refractivity contribution in [2.75, 3.05) is 30.7 Å². The van der Waals surface area contributed by atoms with Crippen molar-refractivity contribution in [3.63, 3.8) is 0 Å². The monoisotopic (exact) mass is 267 g/mol. The first-order valence-electron chi connectivity index (χ1n) is 6.48. The number of halogens is 1. The summed E-state index contributed by atoms with van der Waals surface area (Å²) in [7, 11) is 0. The van der Waals surface area contributed by atoms with Crippen LogP contribution >= 0.6 is 11.6 Å². The number of likely N-dealkylation sites (tertiary alicyclic amines) is 1. The SMILES string of the molecule is Nc1ncnc(NCC2CCN(C3CC3)C2)c1Cl. The van der Waals surface area contributed by atoms with Gasteiger partial charge in [-0.15, -0.1) is 0 Å². The van der Waals surface area contributed by atoms with Crippen molar-refractivity contribution in [3.8, 4) is 0 Å². The molecule has 1 saturated heterocycles. The second-order valence-electron chi connectivity index (χ2n) is 5.18. The van der Waals surface area contributed by atoms with Gasteiger partial charge in [0.2, 0.25) is 0 Å². The number of aromatic nitrogens is 2. The van der Waals surface area contributed by atoms with Crippen molar-refractivity contribution in [1.82, 2.24) is 14.9 Å². The van der Waals surface area contributed by atoms with Crippen LogP contribution in [0.1, 0.15) is 19.3 Å². The van der Waals surface area contributed by atoms with Crippen LogP contribution in [0.15, 0.2) is 6.33 Å². The van der Waals surface area contributed by atoms with Gasteiger partial charge in [0.25, 0.3) is 0 Å². The molecule has 0 amide bonds. The van der Waals surface area contributed by atoms with Gasteiger partial charge in [-0.3, -0.25) is 0 Å². The van der Waals surface area contributed by atoms with Gasteiger partial charge in [-0.2, -0.15) is 0 Å². The van der Waals surface area contributed by atoms with Crippen LogP contribution in [0.5, 0.6) is 0 Å². The van der Waals surface area contributed by atoms with Crippen molar-refractivity contribution < 1.29 is 0 Å². The average molecular weight is 268 g/mol. The quantitative estimate of drug-likeness (QED) is 0.868. The predicted molar refractivity (Wildman–Crippen MR) is 72.6 cm³/mol. The minimum absolute atomic E-state index is 0.334. The van der Waals surface area contributed by atoms with E-state index in [9.17, 15) is 0 Å². The van der Waals surface area contributed by atoms with E-state index in [0.29, 0.717) is 22.6 Å². The molecule has 3 rings (SSSR count). The Morgan fingerprint density at radius 2 is 2.22 bits per heavy atom. The molecule has 1 unspecified atom stereocenters. The topological polar surface area (TPSA) is 67.1 Å². The molecule has 1 saturated carbocycles. The second-order valence-corrected chi connectivity index (χ2v) is 5.56. The van der Waals surface area contributed by atoms with Crippen molar-refractivity contribution in [3.05, 3.63) is 11.3 Å². The standard InChI is InChI=1S/C12H18ClN5/c13-10-11(14)16-7-17-12(10)15-5-8-3-4-18(6-8)9-1-2-9/h7-9H,1-6H2,(H3,14,15,16,17). The Morgan fingerprint density at radius 3 is 3.00 bits per heavy atom. The Morgan fingerprint density at radius 1 is 1.39 bits per heavy atom. The van der Waals surface area contributed by atoms with Crippen molar-refractivity contribution in [1.29, 1.82) is 0 Å². The van der Waals surface area contributed by atoms with Gasteiger partial charge < -0.3 is 16.0 Å². The van der Waals surface area contributed by atoms with E-state index in [1.165, 1.54) is 38.7 Å². The summed E-state index contributed by atoms with van der Waals surface area (Å²) in [5.74, 6) is 1.66. The lowest BCUT2D eigenvalue weighted by molar-refractivity contribution is 0.316. The molecule has 0 bridgehead atoms. The molecular formula is C12H18ClN5. The normalized spacial score (nSPS) is 24.4. The lowest BCUT2D eigenvalue weighted by Crippen LogP contribution is -2.25. The zero-order chi connectivity index (χ0) is 12.5. The Hall–Kier alpha value is -1.07. The highest BCUT2D eigenvalue weighted by molar-refractivity contribution is 6.35. The molecule has 0 spiro atoms. The number of nitrogens with zero attached hydrogens (tertiary/aromatic N) is 3. The summed E-state index contributed by atoms with van der Waals surface area (Å²) in [5, 5.41) is 3.71. The van der Waals surface area contributed by atoms with Crippen LogP contribution in [0, 0.1) is 5.92 Å². The van der Waals surface area contributed by atoms with E-state index in [1.807, 2.05) is 0 Å². The predicted octanol–water partition coefficient (Wildman–Crippen LogP) is 1.61. The maximum Gasteiger partial charge on any atom is 0.150 e. The highest BCUT2D eigenvalue weighted by atomic mass is 35.5. The van der Waals surface area contributed by atoms with Crippen LogP contribution in [0.25, 0.3) is 0 Å². The van der Waals surface area contributed by atoms with Gasteiger partial charge >= 0.3 is 0 Å². The number of hydrogen-bond acceptors (Lipinski definition) is 5. The Balaban J connectivity index is 1.53. The van der Waals surface area contributed by atoms with E-state index >= 15 is 0 Å². The van der Waals surface area contributed by atoms with E-state index in [1.54, 1.807) is 0 Å². The first-order valence-corrected chi connectivity index (χ1v) is 6.85. The summed E-state index contributed by atoms with van der Waals surface area (Å²) in [6.07, 6.45) is 5.46. The highest BCUT2D eigenvalue weighted by Crippen LogP contribution is 2.32. The summed E-state index contributed by atoms with van der Waals surface area (Å²) < 4.78 is 0. The number of nitrogen functional groups attached to an aromatic ring is 1. The summed E-state index contributed by atoms with van der Waals surface area (Å²) >= 11 is 6.04. The maximum atomic E-state index is 6.04. The molecule has 2 fully saturated rings. The van der Waals surface area contributed by atoms with E-state index in [0.717, 1.165) is 12.6 Å². The number of rotatable bonds is 4. The van der Waals surface area contributed by atoms with E-state index in [2.05, 4.69) is 20.2 Å². The molecule has 1 atom stereocenters. The van der Waals surface area contributed by atoms with Crippen LogP contribution in [0.2, 0.25) is 5.02 Å². The molecule has 2 aliphatic rings. The maximum absolute atomic E-state index is 6.04. The van der Waals surface area contributed by atoms with Crippen LogP contribution in [-0.4, -0.2) is 40.5 Å². The first kappa shape index (κ1) is 12.0. The van der Waals surface area contributed by atoms with Gasteiger partial charge in [-0.25, -0.2) is 9.97 Å². The third-order valence-corrected chi connectivity index (χ3v) is 4.13. The number of nitrogens with one attached hydrogen (secondary N) is 1. The van der Waals surface area contributed by atoms with Crippen LogP contribution in [0.3, 0.4) is 0 Å². The van der Waals surface area contributed by atoms with Crippen molar-refractivity contribution in [2.24, 2.45) is 5.92 Å². The van der Waals surface area contributed by atoms with E-state index < -0.39 is 0 Å². The van der Waals surface area contributed by atoms with Gasteiger partial charge in [-0.1, -0.05) is 11.6 Å². The number of nitrogens with two attached hydrogens (primary N) is 1. The first-order chi connectivity index (χ1) is 8.74. The smallest absolute Gasteiger partial charge is 0.150 e. The Bertz CT molecular complexity index is 434. The zero-order valence-corrected chi connectivity index (χ0v) is 11.0. The third kappa shape index (κ3) is 2.52. The molecule has 1 aromatic heterocycles. The molecule has 3 N–H and O–H groups in total. The molecule has 0 radical (unpaired) electrons. The number of hydrogen-bond donors (Lipinski definition) is 2. The zero-order valence-electron chi connectivity index (χ0n) is 10.3. The lowest BCUT2D eigenvalue weighted by Gasteiger charge is -2.15. The Labute approximate surface area is 112 Å². The summed E-state index contributed by atoms with van der Waals surface area (Å²) in [6.45, 7) is 3.33. The minimum Gasteiger partial charge on any atom is -0.382 e. The second kappa shape index (κ2) is 4.90. The van der Waals surface area contributed by atoms with Crippen LogP contribution < -0.4 is 11.1 Å². The summed E-state index contributed by atoms with van der Waals surface area (Å²) in [6, 6.07) is 0.869. The van der Waals surface area contributed by atoms with E-state index in [4.69, 9.17) is 17.3 Å². The fourth-order valence-corrected chi connectivity index (χ4v) is 2.71. The lowest BCUT2D eigenvalue weighted by atomic mass is 10.1. The molecule has 98 valence electrons. The fraction of sp³-hybridized carbons (Fsp3) is 0.667. The molecular weight excluding hydrogens is 250 g/mol. The number of anilines is 2.